The molecule has 0 saturated carbocycles. The smallest absolute Gasteiger partial charge is 0.243 e. The van der Waals surface area contributed by atoms with Gasteiger partial charge in [0, 0.05) is 30.9 Å². The first-order chi connectivity index (χ1) is 14.7. The molecule has 1 aliphatic carbocycles. The number of hydrogen-bond donors (Lipinski definition) is 0. The quantitative estimate of drug-likeness (QED) is 0.642. The second-order valence-electron chi connectivity index (χ2n) is 9.41. The van der Waals surface area contributed by atoms with E-state index in [1.54, 1.807) is 12.1 Å². The highest BCUT2D eigenvalue weighted by Gasteiger charge is 2.33. The molecule has 2 aliphatic rings. The largest absolute Gasteiger partial charge is 0.379 e. The summed E-state index contributed by atoms with van der Waals surface area (Å²) >= 11 is 0. The fourth-order valence-electron chi connectivity index (χ4n) is 5.01. The van der Waals surface area contributed by atoms with E-state index in [9.17, 15) is 13.2 Å². The van der Waals surface area contributed by atoms with E-state index >= 15 is 0 Å². The lowest BCUT2D eigenvalue weighted by atomic mass is 9.75. The van der Waals surface area contributed by atoms with Gasteiger partial charge in [-0.3, -0.25) is 0 Å². The van der Waals surface area contributed by atoms with E-state index in [1.807, 2.05) is 12.1 Å². The van der Waals surface area contributed by atoms with Gasteiger partial charge in [-0.1, -0.05) is 32.0 Å². The minimum absolute atomic E-state index is 0.195. The maximum Gasteiger partial charge on any atom is 0.243 e. The fraction of sp³-hybridized carbons (Fsp3) is 0.542. The van der Waals surface area contributed by atoms with E-state index < -0.39 is 10.0 Å². The fourth-order valence-corrected chi connectivity index (χ4v) is 6.64. The number of fused-ring (bicyclic) bond motifs is 1. The predicted octanol–water partition coefficient (Wildman–Crippen LogP) is 3.12. The summed E-state index contributed by atoms with van der Waals surface area (Å²) in [6.07, 6.45) is 4.49. The van der Waals surface area contributed by atoms with Gasteiger partial charge in [-0.05, 0) is 54.4 Å². The van der Waals surface area contributed by atoms with Gasteiger partial charge in [-0.15, -0.1) is 0 Å². The number of benzene rings is 1. The number of nitrogens with zero attached hydrogens (tertiary/aromatic N) is 2. The lowest BCUT2D eigenvalue weighted by molar-refractivity contribution is -0.108. The van der Waals surface area contributed by atoms with Crippen molar-refractivity contribution in [1.82, 2.24) is 8.87 Å². The molecule has 31 heavy (non-hydrogen) atoms. The first-order valence-electron chi connectivity index (χ1n) is 11.0. The summed E-state index contributed by atoms with van der Waals surface area (Å²) in [5.74, 6) is 0. The van der Waals surface area contributed by atoms with Crippen LogP contribution in [0.2, 0.25) is 0 Å². The Morgan fingerprint density at radius 3 is 2.58 bits per heavy atom. The van der Waals surface area contributed by atoms with Crippen molar-refractivity contribution in [3.05, 3.63) is 52.3 Å². The van der Waals surface area contributed by atoms with Gasteiger partial charge in [0.1, 0.15) is 6.29 Å². The van der Waals surface area contributed by atoms with E-state index in [0.29, 0.717) is 44.2 Å². The third kappa shape index (κ3) is 4.23. The number of aromatic nitrogens is 1. The van der Waals surface area contributed by atoms with Crippen LogP contribution in [0.15, 0.2) is 29.2 Å². The standard InChI is InChI=1S/C24H32N2O4S/c1-18-20(21-17-24(2,3)9-8-22(21)26(18)10-13-27)16-19-6-4-5-7-23(19)31(28,29)25-11-14-30-15-12-25/h4-7,13H,8-12,14-17H2,1-3H3. The van der Waals surface area contributed by atoms with Crippen LogP contribution in [0.5, 0.6) is 0 Å². The number of sulfonamides is 1. The van der Waals surface area contributed by atoms with E-state index in [1.165, 1.54) is 21.1 Å². The second-order valence-corrected chi connectivity index (χ2v) is 11.3. The molecule has 0 amide bonds. The van der Waals surface area contributed by atoms with Crippen molar-refractivity contribution in [3.8, 4) is 0 Å². The number of aldehydes is 1. The summed E-state index contributed by atoms with van der Waals surface area (Å²) in [7, 11) is -3.58. The predicted molar refractivity (Wildman–Crippen MR) is 120 cm³/mol. The molecule has 0 bridgehead atoms. The number of hydrogen-bond acceptors (Lipinski definition) is 4. The van der Waals surface area contributed by atoms with Crippen LogP contribution in [0.1, 0.15) is 48.3 Å². The minimum atomic E-state index is -3.58. The molecule has 2 aromatic rings. The molecule has 1 aromatic carbocycles. The normalized spacial score (nSPS) is 19.2. The summed E-state index contributed by atoms with van der Waals surface area (Å²) in [6, 6.07) is 7.33. The first-order valence-corrected chi connectivity index (χ1v) is 12.5. The molecule has 1 aromatic heterocycles. The molecule has 0 unspecified atom stereocenters. The van der Waals surface area contributed by atoms with Crippen molar-refractivity contribution in [2.24, 2.45) is 5.41 Å². The average Bonchev–Trinajstić information content (AvgIpc) is 2.99. The van der Waals surface area contributed by atoms with Crippen LogP contribution in [0.25, 0.3) is 0 Å². The molecule has 0 radical (unpaired) electrons. The van der Waals surface area contributed by atoms with Gasteiger partial charge in [0.05, 0.1) is 24.7 Å². The van der Waals surface area contributed by atoms with Crippen LogP contribution in [0.4, 0.5) is 0 Å². The van der Waals surface area contributed by atoms with Gasteiger partial charge in [-0.2, -0.15) is 4.31 Å². The maximum atomic E-state index is 13.4. The number of rotatable bonds is 6. The van der Waals surface area contributed by atoms with E-state index in [-0.39, 0.29) is 5.41 Å². The van der Waals surface area contributed by atoms with Gasteiger partial charge in [0.15, 0.2) is 0 Å². The Morgan fingerprint density at radius 2 is 1.87 bits per heavy atom. The van der Waals surface area contributed by atoms with Crippen molar-refractivity contribution >= 4 is 16.3 Å². The summed E-state index contributed by atoms with van der Waals surface area (Å²) in [6.45, 7) is 8.59. The molecule has 1 fully saturated rings. The van der Waals surface area contributed by atoms with Gasteiger partial charge < -0.3 is 14.1 Å². The summed E-state index contributed by atoms with van der Waals surface area (Å²) in [5.41, 5.74) is 5.80. The molecule has 1 aliphatic heterocycles. The molecule has 168 valence electrons. The maximum absolute atomic E-state index is 13.4. The molecule has 0 N–H and O–H groups in total. The zero-order chi connectivity index (χ0) is 22.2. The van der Waals surface area contributed by atoms with Crippen molar-refractivity contribution in [2.45, 2.75) is 57.9 Å². The molecular formula is C24H32N2O4S. The molecule has 1 saturated heterocycles. The number of carbonyl (C=O) groups is 1. The molecule has 2 heterocycles. The summed E-state index contributed by atoms with van der Waals surface area (Å²) < 4.78 is 35.8. The Morgan fingerprint density at radius 1 is 1.16 bits per heavy atom. The van der Waals surface area contributed by atoms with Crippen molar-refractivity contribution in [1.29, 1.82) is 0 Å². The van der Waals surface area contributed by atoms with E-state index in [4.69, 9.17) is 4.74 Å². The van der Waals surface area contributed by atoms with Crippen LogP contribution in [-0.2, 0) is 45.4 Å². The summed E-state index contributed by atoms with van der Waals surface area (Å²) in [4.78, 5) is 11.7. The Labute approximate surface area is 185 Å². The van der Waals surface area contributed by atoms with Crippen LogP contribution in [-0.4, -0.2) is 49.9 Å². The first kappa shape index (κ1) is 22.2. The van der Waals surface area contributed by atoms with Crippen LogP contribution < -0.4 is 0 Å². The van der Waals surface area contributed by atoms with Crippen LogP contribution in [0.3, 0.4) is 0 Å². The van der Waals surface area contributed by atoms with Crippen molar-refractivity contribution in [3.63, 3.8) is 0 Å². The number of morpholine rings is 1. The lowest BCUT2D eigenvalue weighted by Crippen LogP contribution is -2.40. The highest BCUT2D eigenvalue weighted by molar-refractivity contribution is 7.89. The van der Waals surface area contributed by atoms with Crippen molar-refractivity contribution < 1.29 is 17.9 Å². The Bertz CT molecular complexity index is 1080. The summed E-state index contributed by atoms with van der Waals surface area (Å²) in [5, 5.41) is 0. The molecule has 6 nitrogen and oxygen atoms in total. The Balaban J connectivity index is 1.77. The highest BCUT2D eigenvalue weighted by Crippen LogP contribution is 2.40. The minimum Gasteiger partial charge on any atom is -0.379 e. The van der Waals surface area contributed by atoms with Crippen molar-refractivity contribution in [2.75, 3.05) is 26.3 Å². The van der Waals surface area contributed by atoms with Crippen LogP contribution in [0, 0.1) is 12.3 Å². The second kappa shape index (κ2) is 8.52. The van der Waals surface area contributed by atoms with E-state index in [2.05, 4.69) is 25.3 Å². The zero-order valence-electron chi connectivity index (χ0n) is 18.7. The number of ether oxygens (including phenoxy) is 1. The Kier molecular flexibility index (Phi) is 6.12. The molecular weight excluding hydrogens is 412 g/mol. The molecule has 0 spiro atoms. The van der Waals surface area contributed by atoms with Gasteiger partial charge >= 0.3 is 0 Å². The topological polar surface area (TPSA) is 68.6 Å². The zero-order valence-corrected chi connectivity index (χ0v) is 19.5. The van der Waals surface area contributed by atoms with E-state index in [0.717, 1.165) is 36.8 Å². The highest BCUT2D eigenvalue weighted by atomic mass is 32.2. The average molecular weight is 445 g/mol. The third-order valence-corrected chi connectivity index (χ3v) is 8.76. The van der Waals surface area contributed by atoms with Gasteiger partial charge in [-0.25, -0.2) is 8.42 Å². The third-order valence-electron chi connectivity index (χ3n) is 6.76. The van der Waals surface area contributed by atoms with Gasteiger partial charge in [0.2, 0.25) is 10.0 Å². The SMILES string of the molecule is Cc1c(Cc2ccccc2S(=O)(=O)N2CCOCC2)c2c(n1CC=O)CCC(C)(C)C2. The molecule has 7 heteroatoms. The van der Waals surface area contributed by atoms with Gasteiger partial charge in [0.25, 0.3) is 0 Å². The Hall–Kier alpha value is -1.96. The van der Waals surface area contributed by atoms with Crippen LogP contribution >= 0.6 is 0 Å². The molecule has 0 atom stereocenters. The molecule has 4 rings (SSSR count). The number of carbonyl (C=O) groups excluding carboxylic acids is 1. The monoisotopic (exact) mass is 444 g/mol. The lowest BCUT2D eigenvalue weighted by Gasteiger charge is -2.31.